The van der Waals surface area contributed by atoms with E-state index in [4.69, 9.17) is 0 Å². The first kappa shape index (κ1) is 15.0. The van der Waals surface area contributed by atoms with Crippen molar-refractivity contribution in [3.63, 3.8) is 0 Å². The SMILES string of the molecule is CCc1ccc(CC(=O)c2ccc(C(C)(C)C)cc2)s1. The standard InChI is InChI=1S/C18H22OS/c1-5-15-10-11-16(20-15)12-17(19)13-6-8-14(9-7-13)18(2,3)4/h6-11H,5,12H2,1-4H3. The van der Waals surface area contributed by atoms with Crippen molar-refractivity contribution < 1.29 is 4.79 Å². The van der Waals surface area contributed by atoms with E-state index in [0.29, 0.717) is 6.42 Å². The van der Waals surface area contributed by atoms with E-state index in [0.717, 1.165) is 16.9 Å². The monoisotopic (exact) mass is 286 g/mol. The first-order chi connectivity index (χ1) is 9.40. The Labute approximate surface area is 125 Å². The molecule has 1 aromatic heterocycles. The average Bonchev–Trinajstić information content (AvgIpc) is 2.85. The molecule has 2 aromatic rings. The number of rotatable bonds is 4. The van der Waals surface area contributed by atoms with Crippen molar-refractivity contribution in [2.24, 2.45) is 0 Å². The molecule has 106 valence electrons. The van der Waals surface area contributed by atoms with Crippen LogP contribution < -0.4 is 0 Å². The van der Waals surface area contributed by atoms with Crippen LogP contribution in [-0.4, -0.2) is 5.78 Å². The van der Waals surface area contributed by atoms with Gasteiger partial charge in [-0.15, -0.1) is 11.3 Å². The highest BCUT2D eigenvalue weighted by Crippen LogP contribution is 2.23. The summed E-state index contributed by atoms with van der Waals surface area (Å²) in [5, 5.41) is 0. The second-order valence-corrected chi connectivity index (χ2v) is 7.40. The number of hydrogen-bond acceptors (Lipinski definition) is 2. The van der Waals surface area contributed by atoms with Crippen molar-refractivity contribution in [1.29, 1.82) is 0 Å². The Kier molecular flexibility index (Phi) is 4.44. The van der Waals surface area contributed by atoms with Crippen molar-refractivity contribution in [2.75, 3.05) is 0 Å². The van der Waals surface area contributed by atoms with Crippen LogP contribution in [0, 0.1) is 0 Å². The molecular formula is C18H22OS. The maximum absolute atomic E-state index is 12.3. The fourth-order valence-electron chi connectivity index (χ4n) is 2.12. The molecule has 1 heterocycles. The van der Waals surface area contributed by atoms with Crippen LogP contribution in [0.15, 0.2) is 36.4 Å². The highest BCUT2D eigenvalue weighted by molar-refractivity contribution is 7.12. The van der Waals surface area contributed by atoms with Crippen LogP contribution >= 0.6 is 11.3 Å². The van der Waals surface area contributed by atoms with Crippen molar-refractivity contribution in [3.05, 3.63) is 57.3 Å². The molecule has 0 radical (unpaired) electrons. The molecule has 1 nitrogen and oxygen atoms in total. The number of hydrogen-bond donors (Lipinski definition) is 0. The van der Waals surface area contributed by atoms with Crippen LogP contribution in [0.1, 0.15) is 53.4 Å². The van der Waals surface area contributed by atoms with Crippen LogP contribution in [0.2, 0.25) is 0 Å². The Morgan fingerprint density at radius 1 is 1.00 bits per heavy atom. The first-order valence-electron chi connectivity index (χ1n) is 7.11. The van der Waals surface area contributed by atoms with Crippen molar-refractivity contribution >= 4 is 17.1 Å². The number of aryl methyl sites for hydroxylation is 1. The van der Waals surface area contributed by atoms with Gasteiger partial charge in [0.1, 0.15) is 0 Å². The van der Waals surface area contributed by atoms with Gasteiger partial charge >= 0.3 is 0 Å². The highest BCUT2D eigenvalue weighted by Gasteiger charge is 2.14. The predicted molar refractivity (Wildman–Crippen MR) is 86.9 cm³/mol. The van der Waals surface area contributed by atoms with Gasteiger partial charge < -0.3 is 0 Å². The third-order valence-corrected chi connectivity index (χ3v) is 4.70. The van der Waals surface area contributed by atoms with Gasteiger partial charge in [-0.05, 0) is 29.5 Å². The average molecular weight is 286 g/mol. The predicted octanol–water partition coefficient (Wildman–Crippen LogP) is 5.03. The van der Waals surface area contributed by atoms with Gasteiger partial charge in [0.25, 0.3) is 0 Å². The van der Waals surface area contributed by atoms with Gasteiger partial charge in [0.2, 0.25) is 0 Å². The summed E-state index contributed by atoms with van der Waals surface area (Å²) in [6, 6.07) is 12.2. The summed E-state index contributed by atoms with van der Waals surface area (Å²) in [7, 11) is 0. The molecule has 20 heavy (non-hydrogen) atoms. The van der Waals surface area contributed by atoms with Gasteiger partial charge in [0.15, 0.2) is 5.78 Å². The van der Waals surface area contributed by atoms with Crippen LogP contribution in [0.5, 0.6) is 0 Å². The minimum absolute atomic E-state index is 0.130. The normalized spacial score (nSPS) is 11.6. The minimum Gasteiger partial charge on any atom is -0.294 e. The molecular weight excluding hydrogens is 264 g/mol. The molecule has 0 bridgehead atoms. The summed E-state index contributed by atoms with van der Waals surface area (Å²) in [5.74, 6) is 0.204. The van der Waals surface area contributed by atoms with E-state index >= 15 is 0 Å². The number of carbonyl (C=O) groups is 1. The molecule has 1 aromatic carbocycles. The van der Waals surface area contributed by atoms with E-state index in [1.54, 1.807) is 11.3 Å². The van der Waals surface area contributed by atoms with E-state index in [1.165, 1.54) is 10.4 Å². The third-order valence-electron chi connectivity index (χ3n) is 3.47. The van der Waals surface area contributed by atoms with Gasteiger partial charge in [0, 0.05) is 21.7 Å². The lowest BCUT2D eigenvalue weighted by atomic mass is 9.86. The highest BCUT2D eigenvalue weighted by atomic mass is 32.1. The summed E-state index contributed by atoms with van der Waals surface area (Å²) in [4.78, 5) is 14.8. The number of carbonyl (C=O) groups excluding carboxylic acids is 1. The molecule has 0 amide bonds. The van der Waals surface area contributed by atoms with E-state index in [2.05, 4.69) is 52.0 Å². The second-order valence-electron chi connectivity index (χ2n) is 6.15. The zero-order chi connectivity index (χ0) is 14.8. The van der Waals surface area contributed by atoms with Crippen LogP contribution in [-0.2, 0) is 18.3 Å². The third kappa shape index (κ3) is 3.57. The maximum atomic E-state index is 12.3. The molecule has 2 heteroatoms. The molecule has 0 atom stereocenters. The summed E-state index contributed by atoms with van der Waals surface area (Å²) in [6.07, 6.45) is 1.55. The fraction of sp³-hybridized carbons (Fsp3) is 0.389. The van der Waals surface area contributed by atoms with Gasteiger partial charge in [-0.2, -0.15) is 0 Å². The van der Waals surface area contributed by atoms with Gasteiger partial charge in [-0.3, -0.25) is 4.79 Å². The van der Waals surface area contributed by atoms with Crippen LogP contribution in [0.4, 0.5) is 0 Å². The fourth-order valence-corrected chi connectivity index (χ4v) is 3.08. The Hall–Kier alpha value is -1.41. The largest absolute Gasteiger partial charge is 0.294 e. The molecule has 2 rings (SSSR count). The van der Waals surface area contributed by atoms with E-state index < -0.39 is 0 Å². The molecule has 0 aliphatic rings. The Morgan fingerprint density at radius 3 is 2.10 bits per heavy atom. The van der Waals surface area contributed by atoms with E-state index in [1.807, 2.05) is 12.1 Å². The molecule has 0 unspecified atom stereocenters. The molecule has 0 saturated carbocycles. The number of benzene rings is 1. The smallest absolute Gasteiger partial charge is 0.168 e. The second kappa shape index (κ2) is 5.92. The van der Waals surface area contributed by atoms with Gasteiger partial charge in [0.05, 0.1) is 0 Å². The van der Waals surface area contributed by atoms with Crippen molar-refractivity contribution in [2.45, 2.75) is 46.0 Å². The first-order valence-corrected chi connectivity index (χ1v) is 7.93. The van der Waals surface area contributed by atoms with Gasteiger partial charge in [-0.25, -0.2) is 0 Å². The number of ketones is 1. The summed E-state index contributed by atoms with van der Waals surface area (Å²) in [5.41, 5.74) is 2.20. The molecule has 0 fully saturated rings. The lowest BCUT2D eigenvalue weighted by molar-refractivity contribution is 0.0994. The van der Waals surface area contributed by atoms with E-state index in [-0.39, 0.29) is 11.2 Å². The summed E-state index contributed by atoms with van der Waals surface area (Å²) in [6.45, 7) is 8.69. The number of Topliss-reactive ketones (excluding diaryl/α,β-unsaturated/α-hetero) is 1. The minimum atomic E-state index is 0.130. The molecule has 0 aliphatic carbocycles. The van der Waals surface area contributed by atoms with Crippen molar-refractivity contribution in [1.82, 2.24) is 0 Å². The zero-order valence-corrected chi connectivity index (χ0v) is 13.5. The zero-order valence-electron chi connectivity index (χ0n) is 12.7. The van der Waals surface area contributed by atoms with Gasteiger partial charge in [-0.1, -0.05) is 52.0 Å². The summed E-state index contributed by atoms with van der Waals surface area (Å²) >= 11 is 1.74. The molecule has 0 N–H and O–H groups in total. The Bertz CT molecular complexity index is 585. The van der Waals surface area contributed by atoms with Crippen molar-refractivity contribution in [3.8, 4) is 0 Å². The quantitative estimate of drug-likeness (QED) is 0.720. The Morgan fingerprint density at radius 2 is 1.60 bits per heavy atom. The molecule has 0 aliphatic heterocycles. The van der Waals surface area contributed by atoms with E-state index in [9.17, 15) is 4.79 Å². The summed E-state index contributed by atoms with van der Waals surface area (Å²) < 4.78 is 0. The molecule has 0 spiro atoms. The topological polar surface area (TPSA) is 17.1 Å². The van der Waals surface area contributed by atoms with Crippen LogP contribution in [0.25, 0.3) is 0 Å². The lowest BCUT2D eigenvalue weighted by Crippen LogP contribution is -2.11. The lowest BCUT2D eigenvalue weighted by Gasteiger charge is -2.18. The molecule has 0 saturated heterocycles. The Balaban J connectivity index is 2.09. The number of thiophene rings is 1. The van der Waals surface area contributed by atoms with Crippen LogP contribution in [0.3, 0.4) is 0 Å². The maximum Gasteiger partial charge on any atom is 0.168 e.